The highest BCUT2D eigenvalue weighted by atomic mass is 79.9. The lowest BCUT2D eigenvalue weighted by molar-refractivity contribution is 1.17. The standard InChI is InChI=1S/C11H6BrCl3S/c12-8-2-1-6(13)5-7(8)11(15)9-3-4-10(14)16-9/h1-5,11H. The molecular formula is C11H6BrCl3S. The van der Waals surface area contributed by atoms with Gasteiger partial charge in [0, 0.05) is 14.4 Å². The van der Waals surface area contributed by atoms with Crippen molar-refractivity contribution < 1.29 is 0 Å². The van der Waals surface area contributed by atoms with Crippen molar-refractivity contribution in [2.75, 3.05) is 0 Å². The maximum Gasteiger partial charge on any atom is 0.0939 e. The Kier molecular flexibility index (Phi) is 4.20. The van der Waals surface area contributed by atoms with E-state index in [0.29, 0.717) is 5.02 Å². The molecule has 1 heterocycles. The average molecular weight is 356 g/mol. The van der Waals surface area contributed by atoms with Gasteiger partial charge in [0.1, 0.15) is 0 Å². The van der Waals surface area contributed by atoms with Crippen LogP contribution < -0.4 is 0 Å². The lowest BCUT2D eigenvalue weighted by atomic mass is 10.1. The molecule has 0 aliphatic rings. The SMILES string of the molecule is Clc1ccc(Br)c(C(Cl)c2ccc(Cl)s2)c1. The van der Waals surface area contributed by atoms with Crippen molar-refractivity contribution in [1.82, 2.24) is 0 Å². The lowest BCUT2D eigenvalue weighted by Crippen LogP contribution is -1.91. The molecule has 16 heavy (non-hydrogen) atoms. The minimum absolute atomic E-state index is 0.231. The van der Waals surface area contributed by atoms with Crippen LogP contribution in [0.3, 0.4) is 0 Å². The van der Waals surface area contributed by atoms with E-state index < -0.39 is 0 Å². The highest BCUT2D eigenvalue weighted by Gasteiger charge is 2.16. The first kappa shape index (κ1) is 12.7. The van der Waals surface area contributed by atoms with Crippen molar-refractivity contribution in [3.8, 4) is 0 Å². The van der Waals surface area contributed by atoms with Crippen molar-refractivity contribution in [3.63, 3.8) is 0 Å². The number of rotatable bonds is 2. The van der Waals surface area contributed by atoms with E-state index in [2.05, 4.69) is 15.9 Å². The van der Waals surface area contributed by atoms with Crippen LogP contribution in [0.5, 0.6) is 0 Å². The molecule has 0 N–H and O–H groups in total. The number of hydrogen-bond donors (Lipinski definition) is 0. The molecule has 2 rings (SSSR count). The third-order valence-electron chi connectivity index (χ3n) is 2.07. The fourth-order valence-electron chi connectivity index (χ4n) is 1.33. The van der Waals surface area contributed by atoms with Crippen LogP contribution in [-0.4, -0.2) is 0 Å². The Morgan fingerprint density at radius 1 is 1.12 bits per heavy atom. The van der Waals surface area contributed by atoms with Gasteiger partial charge in [-0.3, -0.25) is 0 Å². The van der Waals surface area contributed by atoms with Crippen molar-refractivity contribution in [1.29, 1.82) is 0 Å². The molecule has 1 aromatic heterocycles. The van der Waals surface area contributed by atoms with E-state index in [1.807, 2.05) is 30.3 Å². The van der Waals surface area contributed by atoms with E-state index in [0.717, 1.165) is 19.2 Å². The van der Waals surface area contributed by atoms with Gasteiger partial charge in [-0.1, -0.05) is 39.1 Å². The summed E-state index contributed by atoms with van der Waals surface area (Å²) >= 11 is 23.2. The first-order valence-corrected chi connectivity index (χ1v) is 7.22. The zero-order valence-corrected chi connectivity index (χ0v) is 12.6. The van der Waals surface area contributed by atoms with E-state index in [4.69, 9.17) is 34.8 Å². The molecule has 1 unspecified atom stereocenters. The summed E-state index contributed by atoms with van der Waals surface area (Å²) in [6, 6.07) is 9.34. The van der Waals surface area contributed by atoms with Gasteiger partial charge in [0.2, 0.25) is 0 Å². The Morgan fingerprint density at radius 2 is 1.88 bits per heavy atom. The highest BCUT2D eigenvalue weighted by molar-refractivity contribution is 9.10. The maximum absolute atomic E-state index is 6.39. The molecule has 2 aromatic rings. The summed E-state index contributed by atoms with van der Waals surface area (Å²) in [6.45, 7) is 0. The predicted molar refractivity (Wildman–Crippen MR) is 76.2 cm³/mol. The molecular weight excluding hydrogens is 350 g/mol. The molecule has 84 valence electrons. The van der Waals surface area contributed by atoms with Gasteiger partial charge >= 0.3 is 0 Å². The summed E-state index contributed by atoms with van der Waals surface area (Å²) in [5.74, 6) is 0. The first-order chi connectivity index (χ1) is 7.58. The molecule has 0 nitrogen and oxygen atoms in total. The van der Waals surface area contributed by atoms with E-state index in [1.165, 1.54) is 11.3 Å². The molecule has 0 aliphatic heterocycles. The van der Waals surface area contributed by atoms with Gasteiger partial charge < -0.3 is 0 Å². The highest BCUT2D eigenvalue weighted by Crippen LogP contribution is 2.39. The zero-order valence-electron chi connectivity index (χ0n) is 7.88. The summed E-state index contributed by atoms with van der Waals surface area (Å²) in [4.78, 5) is 1.01. The van der Waals surface area contributed by atoms with Crippen LogP contribution in [-0.2, 0) is 0 Å². The van der Waals surface area contributed by atoms with E-state index in [9.17, 15) is 0 Å². The lowest BCUT2D eigenvalue weighted by Gasteiger charge is -2.10. The second-order valence-corrected chi connectivity index (χ2v) is 6.64. The Bertz CT molecular complexity index is 510. The van der Waals surface area contributed by atoms with Crippen LogP contribution >= 0.6 is 62.1 Å². The Morgan fingerprint density at radius 3 is 2.50 bits per heavy atom. The fourth-order valence-corrected chi connectivity index (χ4v) is 3.56. The van der Waals surface area contributed by atoms with Crippen LogP contribution in [0.4, 0.5) is 0 Å². The second-order valence-electron chi connectivity index (χ2n) is 3.17. The molecule has 0 saturated carbocycles. The van der Waals surface area contributed by atoms with Gasteiger partial charge in [-0.2, -0.15) is 0 Å². The van der Waals surface area contributed by atoms with Crippen molar-refractivity contribution >= 4 is 62.1 Å². The summed E-state index contributed by atoms with van der Waals surface area (Å²) in [5.41, 5.74) is 0.952. The van der Waals surface area contributed by atoms with Gasteiger partial charge in [0.25, 0.3) is 0 Å². The third kappa shape index (κ3) is 2.74. The summed E-state index contributed by atoms with van der Waals surface area (Å²) in [5, 5.41) is 0.442. The minimum atomic E-state index is -0.231. The van der Waals surface area contributed by atoms with Crippen molar-refractivity contribution in [2.24, 2.45) is 0 Å². The average Bonchev–Trinajstić information content (AvgIpc) is 2.67. The Labute approximate surface area is 121 Å². The molecule has 0 saturated heterocycles. The van der Waals surface area contributed by atoms with Crippen LogP contribution in [0.15, 0.2) is 34.8 Å². The third-order valence-corrected chi connectivity index (χ3v) is 4.93. The van der Waals surface area contributed by atoms with E-state index in [-0.39, 0.29) is 5.38 Å². The van der Waals surface area contributed by atoms with Crippen LogP contribution in [0, 0.1) is 0 Å². The molecule has 0 fully saturated rings. The number of hydrogen-bond acceptors (Lipinski definition) is 1. The normalized spacial score (nSPS) is 12.8. The summed E-state index contributed by atoms with van der Waals surface area (Å²) < 4.78 is 1.68. The Hall–Kier alpha value is 0.270. The molecule has 0 bridgehead atoms. The number of thiophene rings is 1. The molecule has 0 radical (unpaired) electrons. The predicted octanol–water partition coefficient (Wildman–Crippen LogP) is 6.15. The molecule has 0 amide bonds. The van der Waals surface area contributed by atoms with Crippen LogP contribution in [0.25, 0.3) is 0 Å². The first-order valence-electron chi connectivity index (χ1n) is 4.42. The number of halogens is 4. The fraction of sp³-hybridized carbons (Fsp3) is 0.0909. The smallest absolute Gasteiger partial charge is 0.0939 e. The van der Waals surface area contributed by atoms with Gasteiger partial charge in [0.15, 0.2) is 0 Å². The molecule has 0 spiro atoms. The monoisotopic (exact) mass is 354 g/mol. The molecule has 5 heteroatoms. The Balaban J connectivity index is 2.40. The summed E-state index contributed by atoms with van der Waals surface area (Å²) in [7, 11) is 0. The quantitative estimate of drug-likeness (QED) is 0.567. The largest absolute Gasteiger partial charge is 0.127 e. The summed E-state index contributed by atoms with van der Waals surface area (Å²) in [6.07, 6.45) is 0. The van der Waals surface area contributed by atoms with Crippen LogP contribution in [0.1, 0.15) is 15.8 Å². The van der Waals surface area contributed by atoms with E-state index >= 15 is 0 Å². The van der Waals surface area contributed by atoms with Gasteiger partial charge in [-0.15, -0.1) is 22.9 Å². The van der Waals surface area contributed by atoms with Gasteiger partial charge in [0.05, 0.1) is 9.71 Å². The molecule has 1 aromatic carbocycles. The zero-order chi connectivity index (χ0) is 11.7. The topological polar surface area (TPSA) is 0 Å². The molecule has 0 aliphatic carbocycles. The van der Waals surface area contributed by atoms with Crippen molar-refractivity contribution in [2.45, 2.75) is 5.38 Å². The maximum atomic E-state index is 6.39. The second kappa shape index (κ2) is 5.28. The van der Waals surface area contributed by atoms with Crippen LogP contribution in [0.2, 0.25) is 9.36 Å². The van der Waals surface area contributed by atoms with E-state index in [1.54, 1.807) is 0 Å². The number of benzene rings is 1. The van der Waals surface area contributed by atoms with Gasteiger partial charge in [-0.05, 0) is 35.9 Å². The molecule has 1 atom stereocenters. The van der Waals surface area contributed by atoms with Gasteiger partial charge in [-0.25, -0.2) is 0 Å². The number of alkyl halides is 1. The van der Waals surface area contributed by atoms with Crippen molar-refractivity contribution in [3.05, 3.63) is 54.6 Å². The minimum Gasteiger partial charge on any atom is -0.127 e.